The van der Waals surface area contributed by atoms with E-state index in [-0.39, 0.29) is 5.91 Å². The van der Waals surface area contributed by atoms with Gasteiger partial charge in [0, 0.05) is 18.3 Å². The molecule has 0 bridgehead atoms. The van der Waals surface area contributed by atoms with Gasteiger partial charge in [-0.05, 0) is 37.5 Å². The summed E-state index contributed by atoms with van der Waals surface area (Å²) in [6.45, 7) is 3.13. The molecule has 0 atom stereocenters. The third kappa shape index (κ3) is 2.15. The van der Waals surface area contributed by atoms with E-state index in [0.29, 0.717) is 12.5 Å². The fraction of sp³-hybridized carbons (Fsp3) is 0.533. The van der Waals surface area contributed by atoms with Crippen molar-refractivity contribution in [3.8, 4) is 0 Å². The summed E-state index contributed by atoms with van der Waals surface area (Å²) in [6, 6.07) is 4.61. The number of carbonyl (C=O) groups is 1. The maximum atomic E-state index is 11.5. The number of carbonyl (C=O) groups excluding carboxylic acids is 1. The number of fused-ring (bicyclic) bond motifs is 1. The Morgan fingerprint density at radius 2 is 2.11 bits per heavy atom. The summed E-state index contributed by atoms with van der Waals surface area (Å²) in [4.78, 5) is 13.8. The number of nitrogens with two attached hydrogens (primary N) is 1. The molecule has 1 fully saturated rings. The van der Waals surface area contributed by atoms with E-state index in [1.165, 1.54) is 25.7 Å². The molecule has 102 valence electrons. The molecule has 4 nitrogen and oxygen atoms in total. The van der Waals surface area contributed by atoms with Crippen molar-refractivity contribution in [2.24, 2.45) is 0 Å². The molecular formula is C15H21N3O. The lowest BCUT2D eigenvalue weighted by molar-refractivity contribution is -0.115. The van der Waals surface area contributed by atoms with Crippen LogP contribution in [0.15, 0.2) is 12.1 Å². The molecule has 3 rings (SSSR count). The number of rotatable bonds is 3. The van der Waals surface area contributed by atoms with Crippen LogP contribution in [-0.2, 0) is 11.2 Å². The number of nitrogen functional groups attached to an aromatic ring is 1. The average Bonchev–Trinajstić information content (AvgIpc) is 2.99. The summed E-state index contributed by atoms with van der Waals surface area (Å²) in [6.07, 6.45) is 5.56. The Morgan fingerprint density at radius 1 is 1.37 bits per heavy atom. The SMILES string of the molecule is CCN(c1cc2c(cc1N)CC(=O)N2)C1CCCC1. The van der Waals surface area contributed by atoms with E-state index in [1.54, 1.807) is 0 Å². The second kappa shape index (κ2) is 4.76. The number of hydrogen-bond donors (Lipinski definition) is 2. The minimum Gasteiger partial charge on any atom is -0.397 e. The first-order chi connectivity index (χ1) is 9.19. The zero-order chi connectivity index (χ0) is 13.4. The summed E-state index contributed by atoms with van der Waals surface area (Å²) < 4.78 is 0. The van der Waals surface area contributed by atoms with Gasteiger partial charge in [-0.25, -0.2) is 0 Å². The topological polar surface area (TPSA) is 58.4 Å². The lowest BCUT2D eigenvalue weighted by Gasteiger charge is -2.31. The fourth-order valence-corrected chi connectivity index (χ4v) is 3.37. The molecule has 19 heavy (non-hydrogen) atoms. The summed E-state index contributed by atoms with van der Waals surface area (Å²) in [5.74, 6) is 0.0652. The highest BCUT2D eigenvalue weighted by atomic mass is 16.1. The first-order valence-corrected chi connectivity index (χ1v) is 7.18. The third-order valence-corrected chi connectivity index (χ3v) is 4.29. The van der Waals surface area contributed by atoms with Gasteiger partial charge in [-0.2, -0.15) is 0 Å². The van der Waals surface area contributed by atoms with Gasteiger partial charge in [0.25, 0.3) is 0 Å². The third-order valence-electron chi connectivity index (χ3n) is 4.29. The van der Waals surface area contributed by atoms with Gasteiger partial charge < -0.3 is 16.0 Å². The van der Waals surface area contributed by atoms with Crippen molar-refractivity contribution in [3.63, 3.8) is 0 Å². The number of anilines is 3. The van der Waals surface area contributed by atoms with Crippen molar-refractivity contribution in [3.05, 3.63) is 17.7 Å². The number of benzene rings is 1. The second-order valence-corrected chi connectivity index (χ2v) is 5.52. The maximum absolute atomic E-state index is 11.5. The first-order valence-electron chi connectivity index (χ1n) is 7.18. The molecule has 0 radical (unpaired) electrons. The number of amides is 1. The van der Waals surface area contributed by atoms with E-state index >= 15 is 0 Å². The van der Waals surface area contributed by atoms with E-state index in [4.69, 9.17) is 5.73 Å². The molecule has 1 amide bonds. The van der Waals surface area contributed by atoms with E-state index in [1.807, 2.05) is 6.07 Å². The van der Waals surface area contributed by atoms with E-state index in [9.17, 15) is 4.79 Å². The van der Waals surface area contributed by atoms with Crippen LogP contribution in [0.25, 0.3) is 0 Å². The molecule has 1 saturated carbocycles. The molecule has 1 aliphatic carbocycles. The molecule has 3 N–H and O–H groups in total. The van der Waals surface area contributed by atoms with Gasteiger partial charge in [0.15, 0.2) is 0 Å². The fourth-order valence-electron chi connectivity index (χ4n) is 3.37. The van der Waals surface area contributed by atoms with Gasteiger partial charge in [0.2, 0.25) is 5.91 Å². The Balaban J connectivity index is 1.95. The largest absolute Gasteiger partial charge is 0.397 e. The van der Waals surface area contributed by atoms with Gasteiger partial charge in [0.1, 0.15) is 0 Å². The van der Waals surface area contributed by atoms with E-state index < -0.39 is 0 Å². The molecule has 1 heterocycles. The van der Waals surface area contributed by atoms with Crippen molar-refractivity contribution in [2.75, 3.05) is 22.5 Å². The molecular weight excluding hydrogens is 238 g/mol. The van der Waals surface area contributed by atoms with Crippen LogP contribution >= 0.6 is 0 Å². The predicted molar refractivity (Wildman–Crippen MR) is 78.5 cm³/mol. The van der Waals surface area contributed by atoms with E-state index in [2.05, 4.69) is 23.2 Å². The van der Waals surface area contributed by atoms with Crippen molar-refractivity contribution in [2.45, 2.75) is 45.1 Å². The molecule has 1 aromatic carbocycles. The van der Waals surface area contributed by atoms with Crippen molar-refractivity contribution < 1.29 is 4.79 Å². The number of hydrogen-bond acceptors (Lipinski definition) is 3. The lowest BCUT2D eigenvalue weighted by atomic mass is 10.1. The van der Waals surface area contributed by atoms with Gasteiger partial charge >= 0.3 is 0 Å². The van der Waals surface area contributed by atoms with Crippen LogP contribution < -0.4 is 16.0 Å². The van der Waals surface area contributed by atoms with Crippen LogP contribution in [0, 0.1) is 0 Å². The highest BCUT2D eigenvalue weighted by Crippen LogP contribution is 2.37. The van der Waals surface area contributed by atoms with Gasteiger partial charge in [0.05, 0.1) is 17.8 Å². The Kier molecular flexibility index (Phi) is 3.09. The quantitative estimate of drug-likeness (QED) is 0.820. The van der Waals surface area contributed by atoms with Crippen LogP contribution in [0.2, 0.25) is 0 Å². The standard InChI is InChI=1S/C15H21N3O/c1-2-18(11-5-3-4-6-11)14-9-13-10(7-12(14)16)8-15(19)17-13/h7,9,11H,2-6,8,16H2,1H3,(H,17,19). The highest BCUT2D eigenvalue weighted by Gasteiger charge is 2.26. The predicted octanol–water partition coefficient (Wildman–Crippen LogP) is 2.53. The van der Waals surface area contributed by atoms with Gasteiger partial charge in [-0.3, -0.25) is 4.79 Å². The number of nitrogens with zero attached hydrogens (tertiary/aromatic N) is 1. The van der Waals surface area contributed by atoms with E-state index in [0.717, 1.165) is 29.2 Å². The van der Waals surface area contributed by atoms with Gasteiger partial charge in [-0.15, -0.1) is 0 Å². The molecule has 4 heteroatoms. The lowest BCUT2D eigenvalue weighted by Crippen LogP contribution is -2.33. The maximum Gasteiger partial charge on any atom is 0.228 e. The van der Waals surface area contributed by atoms with Crippen molar-refractivity contribution >= 4 is 23.0 Å². The van der Waals surface area contributed by atoms with Crippen LogP contribution in [0.5, 0.6) is 0 Å². The summed E-state index contributed by atoms with van der Waals surface area (Å²) in [5, 5.41) is 2.91. The Hall–Kier alpha value is -1.71. The van der Waals surface area contributed by atoms with Crippen LogP contribution in [-0.4, -0.2) is 18.5 Å². The zero-order valence-electron chi connectivity index (χ0n) is 11.4. The Bertz CT molecular complexity index is 506. The Labute approximate surface area is 114 Å². The van der Waals surface area contributed by atoms with Crippen LogP contribution in [0.1, 0.15) is 38.2 Å². The minimum absolute atomic E-state index is 0.0652. The Morgan fingerprint density at radius 3 is 2.79 bits per heavy atom. The monoisotopic (exact) mass is 259 g/mol. The molecule has 0 aromatic heterocycles. The van der Waals surface area contributed by atoms with Crippen LogP contribution in [0.4, 0.5) is 17.1 Å². The van der Waals surface area contributed by atoms with Crippen LogP contribution in [0.3, 0.4) is 0 Å². The highest BCUT2D eigenvalue weighted by molar-refractivity contribution is 6.00. The molecule has 0 saturated heterocycles. The summed E-state index contributed by atoms with van der Waals surface area (Å²) in [5.41, 5.74) is 10.0. The average molecular weight is 259 g/mol. The normalized spacial score (nSPS) is 18.5. The molecule has 0 unspecified atom stereocenters. The zero-order valence-corrected chi connectivity index (χ0v) is 11.4. The minimum atomic E-state index is 0.0652. The molecule has 1 aliphatic heterocycles. The first kappa shape index (κ1) is 12.3. The van der Waals surface area contributed by atoms with Gasteiger partial charge in [-0.1, -0.05) is 12.8 Å². The second-order valence-electron chi connectivity index (χ2n) is 5.52. The number of nitrogens with one attached hydrogen (secondary N) is 1. The molecule has 1 aromatic rings. The summed E-state index contributed by atoms with van der Waals surface area (Å²) in [7, 11) is 0. The van der Waals surface area contributed by atoms with Crippen molar-refractivity contribution in [1.82, 2.24) is 0 Å². The molecule has 0 spiro atoms. The molecule has 2 aliphatic rings. The van der Waals surface area contributed by atoms with Crippen molar-refractivity contribution in [1.29, 1.82) is 0 Å². The smallest absolute Gasteiger partial charge is 0.228 e. The summed E-state index contributed by atoms with van der Waals surface area (Å²) >= 11 is 0.